The van der Waals surface area contributed by atoms with Gasteiger partial charge in [-0.15, -0.1) is 5.10 Å². The number of likely N-dealkylation sites (tertiary alicyclic amines) is 1. The zero-order valence-corrected chi connectivity index (χ0v) is 18.4. The average molecular weight is 414 g/mol. The van der Waals surface area contributed by atoms with Gasteiger partial charge in [0.15, 0.2) is 17.5 Å². The second kappa shape index (κ2) is 8.83. The molecule has 1 aliphatic rings. The first kappa shape index (κ1) is 21.8. The van der Waals surface area contributed by atoms with E-state index < -0.39 is 0 Å². The Balaban J connectivity index is 0.000000806. The molecule has 162 valence electrons. The molecule has 1 N–H and O–H groups in total. The molecule has 9 heteroatoms. The molecule has 0 amide bonds. The van der Waals surface area contributed by atoms with Gasteiger partial charge in [0.25, 0.3) is 6.47 Å². The van der Waals surface area contributed by atoms with Crippen molar-refractivity contribution in [3.05, 3.63) is 36.5 Å². The van der Waals surface area contributed by atoms with Gasteiger partial charge in [-0.05, 0) is 53.3 Å². The van der Waals surface area contributed by atoms with E-state index in [-0.39, 0.29) is 12.0 Å². The molecule has 3 aromatic heterocycles. The lowest BCUT2D eigenvalue weighted by molar-refractivity contribution is -0.122. The molecule has 1 aliphatic heterocycles. The van der Waals surface area contributed by atoms with Crippen LogP contribution in [0.3, 0.4) is 0 Å². The van der Waals surface area contributed by atoms with Crippen molar-refractivity contribution in [2.24, 2.45) is 7.05 Å². The number of hydrogen-bond donors (Lipinski definition) is 1. The van der Waals surface area contributed by atoms with Gasteiger partial charge in [0.1, 0.15) is 0 Å². The maximum atomic E-state index is 8.36. The summed E-state index contributed by atoms with van der Waals surface area (Å²) in [6.07, 6.45) is 8.41. The summed E-state index contributed by atoms with van der Waals surface area (Å²) >= 11 is 0. The highest BCUT2D eigenvalue weighted by Crippen LogP contribution is 2.29. The molecule has 30 heavy (non-hydrogen) atoms. The SMILES string of the molecule is CN1CCCC(c2nc(-c3ccn(C(C)(C)C)c3)n(-c3ccnn3C)n2)C1.O=CO. The van der Waals surface area contributed by atoms with Crippen LogP contribution in [0.5, 0.6) is 0 Å². The first-order valence-corrected chi connectivity index (χ1v) is 10.1. The number of likely N-dealkylation sites (N-methyl/N-ethyl adjacent to an activating group) is 1. The Morgan fingerprint density at radius 2 is 1.97 bits per heavy atom. The molecule has 0 aliphatic carbocycles. The van der Waals surface area contributed by atoms with E-state index in [1.165, 1.54) is 6.42 Å². The van der Waals surface area contributed by atoms with Crippen molar-refractivity contribution in [3.63, 3.8) is 0 Å². The molecule has 9 nitrogen and oxygen atoms in total. The van der Waals surface area contributed by atoms with Crippen molar-refractivity contribution < 1.29 is 9.90 Å². The lowest BCUT2D eigenvalue weighted by atomic mass is 9.98. The summed E-state index contributed by atoms with van der Waals surface area (Å²) in [7, 11) is 4.11. The zero-order chi connectivity index (χ0) is 21.9. The fourth-order valence-electron chi connectivity index (χ4n) is 3.75. The smallest absolute Gasteiger partial charge is 0.290 e. The third-order valence-corrected chi connectivity index (χ3v) is 5.35. The van der Waals surface area contributed by atoms with Crippen molar-refractivity contribution >= 4 is 6.47 Å². The predicted octanol–water partition coefficient (Wildman–Crippen LogP) is 2.73. The molecule has 0 saturated carbocycles. The van der Waals surface area contributed by atoms with E-state index in [1.807, 2.05) is 22.5 Å². The minimum atomic E-state index is -0.250. The van der Waals surface area contributed by atoms with E-state index in [0.29, 0.717) is 5.92 Å². The molecule has 3 aromatic rings. The summed E-state index contributed by atoms with van der Waals surface area (Å²) in [4.78, 5) is 15.7. The van der Waals surface area contributed by atoms with Crippen LogP contribution >= 0.6 is 0 Å². The van der Waals surface area contributed by atoms with Crippen molar-refractivity contribution in [2.45, 2.75) is 45.1 Å². The second-order valence-corrected chi connectivity index (χ2v) is 8.70. The third-order valence-electron chi connectivity index (χ3n) is 5.35. The van der Waals surface area contributed by atoms with Crippen molar-refractivity contribution in [2.75, 3.05) is 20.1 Å². The summed E-state index contributed by atoms with van der Waals surface area (Å²) in [5.41, 5.74) is 1.11. The number of piperidine rings is 1. The first-order chi connectivity index (χ1) is 14.2. The van der Waals surface area contributed by atoms with Crippen LogP contribution in [0.25, 0.3) is 17.2 Å². The van der Waals surface area contributed by atoms with Gasteiger partial charge in [-0.2, -0.15) is 9.78 Å². The average Bonchev–Trinajstić information content (AvgIpc) is 3.40. The summed E-state index contributed by atoms with van der Waals surface area (Å²) in [6.45, 7) is 8.52. The van der Waals surface area contributed by atoms with Gasteiger partial charge in [0, 0.05) is 49.1 Å². The summed E-state index contributed by atoms with van der Waals surface area (Å²) < 4.78 is 6.01. The molecule has 1 atom stereocenters. The van der Waals surface area contributed by atoms with E-state index in [9.17, 15) is 0 Å². The van der Waals surface area contributed by atoms with Crippen molar-refractivity contribution in [3.8, 4) is 17.2 Å². The van der Waals surface area contributed by atoms with Crippen LogP contribution < -0.4 is 0 Å². The molecule has 0 bridgehead atoms. The van der Waals surface area contributed by atoms with Crippen molar-refractivity contribution in [1.82, 2.24) is 34.0 Å². The third kappa shape index (κ3) is 4.62. The van der Waals surface area contributed by atoms with Crippen LogP contribution in [0.2, 0.25) is 0 Å². The Labute approximate surface area is 176 Å². The van der Waals surface area contributed by atoms with Crippen molar-refractivity contribution in [1.29, 1.82) is 0 Å². The lowest BCUT2D eigenvalue weighted by Gasteiger charge is -2.27. The molecule has 1 saturated heterocycles. The molecule has 1 fully saturated rings. The molecular weight excluding hydrogens is 382 g/mol. The Morgan fingerprint density at radius 1 is 1.23 bits per heavy atom. The standard InChI is InChI=1S/C20H29N7.CH2O2/c1-20(2,3)26-12-9-16(14-26)19-22-18(15-7-6-11-24(4)13-15)23-27(19)17-8-10-21-25(17)5;2-1-3/h8-10,12,14-15H,6-7,11,13H2,1-5H3;1H,(H,2,3). The number of carboxylic acid groups (broad SMARTS) is 1. The number of aryl methyl sites for hydroxylation is 1. The van der Waals surface area contributed by atoms with E-state index in [4.69, 9.17) is 20.0 Å². The maximum Gasteiger partial charge on any atom is 0.290 e. The quantitative estimate of drug-likeness (QED) is 0.664. The number of carbonyl (C=O) groups is 1. The van der Waals surface area contributed by atoms with Gasteiger partial charge in [-0.3, -0.25) is 9.48 Å². The van der Waals surface area contributed by atoms with Gasteiger partial charge >= 0.3 is 0 Å². The normalized spacial score (nSPS) is 17.4. The number of aromatic nitrogens is 6. The number of nitrogens with zero attached hydrogens (tertiary/aromatic N) is 7. The van der Waals surface area contributed by atoms with E-state index in [2.05, 4.69) is 60.8 Å². The van der Waals surface area contributed by atoms with Crippen LogP contribution in [0.4, 0.5) is 0 Å². The van der Waals surface area contributed by atoms with Crippen LogP contribution in [-0.4, -0.2) is 65.7 Å². The Bertz CT molecular complexity index is 980. The summed E-state index contributed by atoms with van der Waals surface area (Å²) in [5.74, 6) is 3.11. The maximum absolute atomic E-state index is 8.36. The zero-order valence-electron chi connectivity index (χ0n) is 18.4. The molecule has 1 unspecified atom stereocenters. The molecule has 4 heterocycles. The molecule has 4 rings (SSSR count). The highest BCUT2D eigenvalue weighted by atomic mass is 16.3. The van der Waals surface area contributed by atoms with Gasteiger partial charge in [0.2, 0.25) is 0 Å². The Hall–Kier alpha value is -2.94. The predicted molar refractivity (Wildman–Crippen MR) is 115 cm³/mol. The highest BCUT2D eigenvalue weighted by molar-refractivity contribution is 5.57. The summed E-state index contributed by atoms with van der Waals surface area (Å²) in [6, 6.07) is 4.11. The molecule has 0 aromatic carbocycles. The van der Waals surface area contributed by atoms with Gasteiger partial charge in [0.05, 0.1) is 6.20 Å². The van der Waals surface area contributed by atoms with Crippen LogP contribution in [-0.2, 0) is 17.4 Å². The van der Waals surface area contributed by atoms with E-state index in [0.717, 1.165) is 42.5 Å². The Kier molecular flexibility index (Phi) is 6.40. The molecular formula is C21H31N7O2. The van der Waals surface area contributed by atoms with Gasteiger partial charge in [-0.25, -0.2) is 4.98 Å². The molecule has 0 spiro atoms. The van der Waals surface area contributed by atoms with Crippen LogP contribution in [0, 0.1) is 0 Å². The summed E-state index contributed by atoms with van der Waals surface area (Å²) in [5, 5.41) is 16.1. The first-order valence-electron chi connectivity index (χ1n) is 10.1. The van der Waals surface area contributed by atoms with Gasteiger partial charge in [-0.1, -0.05) is 0 Å². The fraction of sp³-hybridized carbons (Fsp3) is 0.524. The minimum Gasteiger partial charge on any atom is -0.483 e. The fourth-order valence-corrected chi connectivity index (χ4v) is 3.75. The number of rotatable bonds is 3. The minimum absolute atomic E-state index is 0.0323. The largest absolute Gasteiger partial charge is 0.483 e. The second-order valence-electron chi connectivity index (χ2n) is 8.70. The topological polar surface area (TPSA) is 94.0 Å². The van der Waals surface area contributed by atoms with Gasteiger partial charge < -0.3 is 14.6 Å². The Morgan fingerprint density at radius 3 is 2.53 bits per heavy atom. The number of hydrogen-bond acceptors (Lipinski definition) is 5. The highest BCUT2D eigenvalue weighted by Gasteiger charge is 2.26. The van der Waals surface area contributed by atoms with Crippen LogP contribution in [0.15, 0.2) is 30.7 Å². The molecule has 0 radical (unpaired) electrons. The van der Waals surface area contributed by atoms with E-state index >= 15 is 0 Å². The lowest BCUT2D eigenvalue weighted by Crippen LogP contribution is -2.31. The van der Waals surface area contributed by atoms with Crippen LogP contribution in [0.1, 0.15) is 45.4 Å². The monoisotopic (exact) mass is 413 g/mol. The van der Waals surface area contributed by atoms with E-state index in [1.54, 1.807) is 6.20 Å².